The Balaban J connectivity index is 1.72. The van der Waals surface area contributed by atoms with Crippen molar-refractivity contribution in [2.24, 2.45) is 11.8 Å². The Morgan fingerprint density at radius 2 is 1.75 bits per heavy atom. The van der Waals surface area contributed by atoms with Crippen LogP contribution in [0.1, 0.15) is 64.5 Å². The number of amides is 2. The van der Waals surface area contributed by atoms with Gasteiger partial charge in [-0.3, -0.25) is 9.59 Å². The first kappa shape index (κ1) is 18.5. The van der Waals surface area contributed by atoms with Crippen molar-refractivity contribution in [3.05, 3.63) is 35.9 Å². The maximum atomic E-state index is 12.1. The molecule has 2 amide bonds. The molecule has 0 heterocycles. The Kier molecular flexibility index (Phi) is 6.83. The minimum absolute atomic E-state index is 0.0107. The molecule has 1 aliphatic rings. The molecule has 4 nitrogen and oxygen atoms in total. The summed E-state index contributed by atoms with van der Waals surface area (Å²) in [5, 5.41) is 6.07. The molecule has 0 aromatic heterocycles. The molecule has 1 fully saturated rings. The van der Waals surface area contributed by atoms with Crippen molar-refractivity contribution in [3.63, 3.8) is 0 Å². The first-order valence-electron chi connectivity index (χ1n) is 9.11. The molecule has 1 aromatic carbocycles. The Morgan fingerprint density at radius 1 is 1.08 bits per heavy atom. The van der Waals surface area contributed by atoms with Crippen molar-refractivity contribution >= 4 is 11.8 Å². The summed E-state index contributed by atoms with van der Waals surface area (Å²) in [5.41, 5.74) is 1.07. The van der Waals surface area contributed by atoms with E-state index in [1.807, 2.05) is 37.3 Å². The predicted octanol–water partition coefficient (Wildman–Crippen LogP) is 3.58. The van der Waals surface area contributed by atoms with Crippen LogP contribution >= 0.6 is 0 Å². The quantitative estimate of drug-likeness (QED) is 0.837. The third-order valence-electron chi connectivity index (χ3n) is 5.31. The van der Waals surface area contributed by atoms with Crippen LogP contribution in [-0.4, -0.2) is 17.9 Å². The van der Waals surface area contributed by atoms with Gasteiger partial charge in [0.05, 0.1) is 6.04 Å². The molecular weight excluding hydrogens is 300 g/mol. The molecule has 0 saturated heterocycles. The molecule has 1 aromatic rings. The summed E-state index contributed by atoms with van der Waals surface area (Å²) in [4.78, 5) is 24.2. The summed E-state index contributed by atoms with van der Waals surface area (Å²) in [6, 6.07) is 10.1. The zero-order valence-corrected chi connectivity index (χ0v) is 15.0. The van der Waals surface area contributed by atoms with Gasteiger partial charge in [0, 0.05) is 18.9 Å². The van der Waals surface area contributed by atoms with Crippen molar-refractivity contribution in [2.75, 3.05) is 0 Å². The number of hydrogen-bond acceptors (Lipinski definition) is 2. The van der Waals surface area contributed by atoms with Gasteiger partial charge in [-0.05, 0) is 30.7 Å². The van der Waals surface area contributed by atoms with E-state index in [2.05, 4.69) is 24.5 Å². The van der Waals surface area contributed by atoms with Gasteiger partial charge >= 0.3 is 0 Å². The van der Waals surface area contributed by atoms with Gasteiger partial charge in [0.25, 0.3) is 0 Å². The Morgan fingerprint density at radius 3 is 2.46 bits per heavy atom. The van der Waals surface area contributed by atoms with Gasteiger partial charge < -0.3 is 10.6 Å². The molecular formula is C20H30N2O2. The second kappa shape index (κ2) is 8.86. The Labute approximate surface area is 145 Å². The van der Waals surface area contributed by atoms with E-state index in [-0.39, 0.29) is 36.7 Å². The Bertz CT molecular complexity index is 544. The summed E-state index contributed by atoms with van der Waals surface area (Å²) < 4.78 is 0. The largest absolute Gasteiger partial charge is 0.353 e. The van der Waals surface area contributed by atoms with Crippen LogP contribution in [-0.2, 0) is 9.59 Å². The van der Waals surface area contributed by atoms with Crippen molar-refractivity contribution < 1.29 is 9.59 Å². The molecule has 1 saturated carbocycles. The predicted molar refractivity (Wildman–Crippen MR) is 96.3 cm³/mol. The first-order valence-corrected chi connectivity index (χ1v) is 9.11. The van der Waals surface area contributed by atoms with Crippen LogP contribution in [0.2, 0.25) is 0 Å². The van der Waals surface area contributed by atoms with E-state index in [0.29, 0.717) is 11.8 Å². The molecule has 0 bridgehead atoms. The highest BCUT2D eigenvalue weighted by atomic mass is 16.2. The maximum absolute atomic E-state index is 12.1. The minimum atomic E-state index is -0.0773. The van der Waals surface area contributed by atoms with E-state index < -0.39 is 0 Å². The standard InChI is InChI=1S/C20H30N2O2/c1-14-8-7-11-18(15(14)2)22-20(24)13-12-19(23)21-16(3)17-9-5-4-6-10-17/h4-6,9-10,14-16,18H,7-8,11-13H2,1-3H3,(H,21,23)(H,22,24)/t14-,15-,16+,18-/m1/s1. The molecule has 0 aliphatic heterocycles. The second-order valence-corrected chi connectivity index (χ2v) is 7.14. The molecule has 2 N–H and O–H groups in total. The van der Waals surface area contributed by atoms with Gasteiger partial charge in [-0.15, -0.1) is 0 Å². The van der Waals surface area contributed by atoms with Crippen LogP contribution in [0.3, 0.4) is 0 Å². The fourth-order valence-corrected chi connectivity index (χ4v) is 3.43. The average molecular weight is 330 g/mol. The van der Waals surface area contributed by atoms with Crippen LogP contribution in [0.25, 0.3) is 0 Å². The number of carbonyl (C=O) groups excluding carboxylic acids is 2. The fourth-order valence-electron chi connectivity index (χ4n) is 3.43. The lowest BCUT2D eigenvalue weighted by atomic mass is 9.78. The lowest BCUT2D eigenvalue weighted by Crippen LogP contribution is -2.44. The summed E-state index contributed by atoms with van der Waals surface area (Å²) >= 11 is 0. The molecule has 0 spiro atoms. The number of rotatable bonds is 6. The molecule has 24 heavy (non-hydrogen) atoms. The highest BCUT2D eigenvalue weighted by Crippen LogP contribution is 2.29. The van der Waals surface area contributed by atoms with Crippen LogP contribution in [0.5, 0.6) is 0 Å². The molecule has 2 rings (SSSR count). The molecule has 1 aliphatic carbocycles. The lowest BCUT2D eigenvalue weighted by Gasteiger charge is -2.34. The molecule has 132 valence electrons. The van der Waals surface area contributed by atoms with E-state index >= 15 is 0 Å². The third-order valence-corrected chi connectivity index (χ3v) is 5.31. The van der Waals surface area contributed by atoms with Crippen molar-refractivity contribution in [1.29, 1.82) is 0 Å². The van der Waals surface area contributed by atoms with E-state index in [1.54, 1.807) is 0 Å². The van der Waals surface area contributed by atoms with Crippen LogP contribution in [0.4, 0.5) is 0 Å². The van der Waals surface area contributed by atoms with E-state index in [4.69, 9.17) is 0 Å². The third kappa shape index (κ3) is 5.36. The van der Waals surface area contributed by atoms with E-state index in [0.717, 1.165) is 12.0 Å². The number of benzene rings is 1. The second-order valence-electron chi connectivity index (χ2n) is 7.14. The summed E-state index contributed by atoms with van der Waals surface area (Å²) in [6.45, 7) is 6.42. The minimum Gasteiger partial charge on any atom is -0.353 e. The van der Waals surface area contributed by atoms with Crippen molar-refractivity contribution in [2.45, 2.75) is 65.0 Å². The van der Waals surface area contributed by atoms with Gasteiger partial charge in [-0.25, -0.2) is 0 Å². The SMILES string of the molecule is C[C@@H]1[C@H](C)CCC[C@H]1NC(=O)CCC(=O)N[C@@H](C)c1ccccc1. The van der Waals surface area contributed by atoms with Crippen LogP contribution in [0.15, 0.2) is 30.3 Å². The van der Waals surface area contributed by atoms with Gasteiger partial charge in [0.1, 0.15) is 0 Å². The molecule has 0 unspecified atom stereocenters. The lowest BCUT2D eigenvalue weighted by molar-refractivity contribution is -0.127. The fraction of sp³-hybridized carbons (Fsp3) is 0.600. The number of hydrogen-bond donors (Lipinski definition) is 2. The smallest absolute Gasteiger partial charge is 0.220 e. The van der Waals surface area contributed by atoms with Crippen LogP contribution < -0.4 is 10.6 Å². The molecule has 4 atom stereocenters. The van der Waals surface area contributed by atoms with Gasteiger partial charge in [0.15, 0.2) is 0 Å². The van der Waals surface area contributed by atoms with E-state index in [9.17, 15) is 9.59 Å². The zero-order chi connectivity index (χ0) is 17.5. The monoisotopic (exact) mass is 330 g/mol. The maximum Gasteiger partial charge on any atom is 0.220 e. The van der Waals surface area contributed by atoms with Gasteiger partial charge in [0.2, 0.25) is 11.8 Å². The highest BCUT2D eigenvalue weighted by Gasteiger charge is 2.28. The molecule has 0 radical (unpaired) electrons. The summed E-state index contributed by atoms with van der Waals surface area (Å²) in [6.07, 6.45) is 3.96. The van der Waals surface area contributed by atoms with Gasteiger partial charge in [-0.2, -0.15) is 0 Å². The molecule has 4 heteroatoms. The zero-order valence-electron chi connectivity index (χ0n) is 15.0. The summed E-state index contributed by atoms with van der Waals surface area (Å²) in [7, 11) is 0. The first-order chi connectivity index (χ1) is 11.5. The number of carbonyl (C=O) groups is 2. The average Bonchev–Trinajstić information content (AvgIpc) is 2.58. The normalized spacial score (nSPS) is 24.9. The topological polar surface area (TPSA) is 58.2 Å². The highest BCUT2D eigenvalue weighted by molar-refractivity contribution is 5.84. The number of nitrogens with one attached hydrogen (secondary N) is 2. The summed E-state index contributed by atoms with van der Waals surface area (Å²) in [5.74, 6) is 1.07. The Hall–Kier alpha value is -1.84. The van der Waals surface area contributed by atoms with Crippen molar-refractivity contribution in [1.82, 2.24) is 10.6 Å². The van der Waals surface area contributed by atoms with Crippen LogP contribution in [0, 0.1) is 11.8 Å². The van der Waals surface area contributed by atoms with Crippen molar-refractivity contribution in [3.8, 4) is 0 Å². The van der Waals surface area contributed by atoms with E-state index in [1.165, 1.54) is 12.8 Å². The van der Waals surface area contributed by atoms with Gasteiger partial charge in [-0.1, -0.05) is 57.0 Å².